The second kappa shape index (κ2) is 10.0. The topological polar surface area (TPSA) is 87.7 Å². The summed E-state index contributed by atoms with van der Waals surface area (Å²) >= 11 is 6.36. The number of rotatable bonds is 6. The molecular weight excluding hydrogens is 422 g/mol. The highest BCUT2D eigenvalue weighted by molar-refractivity contribution is 8.26. The van der Waals surface area contributed by atoms with E-state index in [4.69, 9.17) is 17.0 Å². The molecule has 7 nitrogen and oxygen atoms in total. The minimum absolute atomic E-state index is 0.279. The molecule has 154 valence electrons. The molecule has 0 aliphatic carbocycles. The first-order valence-corrected chi connectivity index (χ1v) is 10.3. The van der Waals surface area contributed by atoms with Crippen molar-refractivity contribution in [3.05, 3.63) is 70.6 Å². The predicted octanol–water partition coefficient (Wildman–Crippen LogP) is 2.75. The zero-order chi connectivity index (χ0) is 21.5. The average Bonchev–Trinajstić information content (AvgIpc) is 3.01. The quantitative estimate of drug-likeness (QED) is 0.407. The van der Waals surface area contributed by atoms with Crippen LogP contribution in [0.1, 0.15) is 22.8 Å². The largest absolute Gasteiger partial charge is 0.494 e. The summed E-state index contributed by atoms with van der Waals surface area (Å²) in [6.07, 6.45) is 1.71. The summed E-state index contributed by atoms with van der Waals surface area (Å²) < 4.78 is 5.68. The van der Waals surface area contributed by atoms with Crippen LogP contribution in [-0.4, -0.2) is 40.1 Å². The molecule has 30 heavy (non-hydrogen) atoms. The van der Waals surface area contributed by atoms with E-state index in [0.717, 1.165) is 23.1 Å². The van der Waals surface area contributed by atoms with E-state index in [2.05, 4.69) is 10.9 Å². The number of benzene rings is 2. The van der Waals surface area contributed by atoms with Crippen LogP contribution in [0.3, 0.4) is 0 Å². The van der Waals surface area contributed by atoms with E-state index >= 15 is 0 Å². The molecular formula is C21H19N3O4S2. The molecule has 0 spiro atoms. The summed E-state index contributed by atoms with van der Waals surface area (Å²) in [6.45, 7) is 2.19. The van der Waals surface area contributed by atoms with E-state index in [1.54, 1.807) is 36.4 Å². The maximum Gasteiger partial charge on any atom is 0.269 e. The smallest absolute Gasteiger partial charge is 0.269 e. The Morgan fingerprint density at radius 3 is 2.47 bits per heavy atom. The Morgan fingerprint density at radius 2 is 1.80 bits per heavy atom. The van der Waals surface area contributed by atoms with Crippen molar-refractivity contribution in [2.24, 2.45) is 0 Å². The second-order valence-electron chi connectivity index (χ2n) is 6.14. The Hall–Kier alpha value is -3.17. The summed E-state index contributed by atoms with van der Waals surface area (Å²) in [4.78, 5) is 38.4. The molecule has 1 saturated heterocycles. The van der Waals surface area contributed by atoms with Crippen molar-refractivity contribution in [3.63, 3.8) is 0 Å². The first-order valence-electron chi connectivity index (χ1n) is 9.10. The molecule has 9 heteroatoms. The summed E-state index contributed by atoms with van der Waals surface area (Å²) in [7, 11) is 0. The highest BCUT2D eigenvalue weighted by atomic mass is 32.2. The first-order chi connectivity index (χ1) is 14.5. The number of carbonyl (C=O) groups excluding carboxylic acids is 3. The molecule has 1 fully saturated rings. The Labute approximate surface area is 183 Å². The molecule has 0 radical (unpaired) electrons. The van der Waals surface area contributed by atoms with Crippen LogP contribution in [0.4, 0.5) is 0 Å². The fourth-order valence-electron chi connectivity index (χ4n) is 2.59. The fourth-order valence-corrected chi connectivity index (χ4v) is 3.84. The molecule has 1 heterocycles. The Balaban J connectivity index is 1.57. The third-order valence-corrected chi connectivity index (χ3v) is 5.39. The highest BCUT2D eigenvalue weighted by Gasteiger charge is 2.33. The SMILES string of the molecule is CCOc1ccc(/C=C2\SC(=S)N(CC(=O)NNC(=O)c3ccccc3)C2=O)cc1. The lowest BCUT2D eigenvalue weighted by molar-refractivity contribution is -0.129. The number of thiocarbonyl (C=S) groups is 1. The molecule has 1 aliphatic rings. The zero-order valence-corrected chi connectivity index (χ0v) is 17.7. The average molecular weight is 442 g/mol. The molecule has 0 saturated carbocycles. The van der Waals surface area contributed by atoms with Gasteiger partial charge in [0.2, 0.25) is 0 Å². The van der Waals surface area contributed by atoms with Gasteiger partial charge < -0.3 is 4.74 Å². The van der Waals surface area contributed by atoms with Crippen molar-refractivity contribution in [1.29, 1.82) is 0 Å². The number of nitrogens with one attached hydrogen (secondary N) is 2. The van der Waals surface area contributed by atoms with E-state index in [-0.39, 0.29) is 16.8 Å². The third-order valence-electron chi connectivity index (χ3n) is 4.02. The van der Waals surface area contributed by atoms with Gasteiger partial charge >= 0.3 is 0 Å². The molecule has 0 bridgehead atoms. The summed E-state index contributed by atoms with van der Waals surface area (Å²) in [5.74, 6) is -0.623. The third kappa shape index (κ3) is 5.46. The van der Waals surface area contributed by atoms with E-state index in [0.29, 0.717) is 17.1 Å². The Bertz CT molecular complexity index is 991. The number of hydrogen-bond acceptors (Lipinski definition) is 6. The lowest BCUT2D eigenvalue weighted by Gasteiger charge is -2.14. The molecule has 1 aliphatic heterocycles. The number of ether oxygens (including phenoxy) is 1. The summed E-state index contributed by atoms with van der Waals surface area (Å²) in [5.41, 5.74) is 5.84. The van der Waals surface area contributed by atoms with Crippen molar-refractivity contribution in [3.8, 4) is 5.75 Å². The number of nitrogens with zero attached hydrogens (tertiary/aromatic N) is 1. The van der Waals surface area contributed by atoms with Gasteiger partial charge in [-0.25, -0.2) is 0 Å². The minimum atomic E-state index is -0.558. The van der Waals surface area contributed by atoms with Gasteiger partial charge in [-0.2, -0.15) is 0 Å². The molecule has 3 rings (SSSR count). The number of amides is 3. The molecule has 0 aromatic heterocycles. The van der Waals surface area contributed by atoms with Crippen molar-refractivity contribution in [2.75, 3.05) is 13.2 Å². The minimum Gasteiger partial charge on any atom is -0.494 e. The molecule has 0 atom stereocenters. The maximum atomic E-state index is 12.6. The summed E-state index contributed by atoms with van der Waals surface area (Å²) in [5, 5.41) is 0. The van der Waals surface area contributed by atoms with Crippen molar-refractivity contribution < 1.29 is 19.1 Å². The summed E-state index contributed by atoms with van der Waals surface area (Å²) in [6, 6.07) is 15.8. The van der Waals surface area contributed by atoms with E-state index < -0.39 is 11.8 Å². The lowest BCUT2D eigenvalue weighted by Crippen LogP contribution is -2.47. The Morgan fingerprint density at radius 1 is 1.10 bits per heavy atom. The maximum absolute atomic E-state index is 12.6. The van der Waals surface area contributed by atoms with E-state index in [1.807, 2.05) is 31.2 Å². The van der Waals surface area contributed by atoms with Crippen LogP contribution in [0.2, 0.25) is 0 Å². The van der Waals surface area contributed by atoms with Gasteiger partial charge in [0.05, 0.1) is 11.5 Å². The van der Waals surface area contributed by atoms with Crippen LogP contribution in [0.15, 0.2) is 59.5 Å². The van der Waals surface area contributed by atoms with Gasteiger partial charge in [-0.3, -0.25) is 30.1 Å². The zero-order valence-electron chi connectivity index (χ0n) is 16.1. The Kier molecular flexibility index (Phi) is 7.21. The van der Waals surface area contributed by atoms with Gasteiger partial charge in [-0.05, 0) is 42.8 Å². The van der Waals surface area contributed by atoms with Gasteiger partial charge in [0.25, 0.3) is 17.7 Å². The van der Waals surface area contributed by atoms with Crippen molar-refractivity contribution in [2.45, 2.75) is 6.92 Å². The van der Waals surface area contributed by atoms with Crippen LogP contribution >= 0.6 is 24.0 Å². The first kappa shape index (κ1) is 21.5. The second-order valence-corrected chi connectivity index (χ2v) is 7.81. The van der Waals surface area contributed by atoms with E-state index in [1.165, 1.54) is 4.90 Å². The number of hydrazine groups is 1. The molecule has 3 amide bonds. The number of hydrogen-bond donors (Lipinski definition) is 2. The predicted molar refractivity (Wildman–Crippen MR) is 120 cm³/mol. The van der Waals surface area contributed by atoms with Gasteiger partial charge in [0, 0.05) is 5.56 Å². The highest BCUT2D eigenvalue weighted by Crippen LogP contribution is 2.32. The molecule has 2 aromatic rings. The van der Waals surface area contributed by atoms with Crippen LogP contribution in [0.5, 0.6) is 5.75 Å². The van der Waals surface area contributed by atoms with Crippen molar-refractivity contribution >= 4 is 52.1 Å². The van der Waals surface area contributed by atoms with Crippen LogP contribution < -0.4 is 15.6 Å². The monoisotopic (exact) mass is 441 g/mol. The van der Waals surface area contributed by atoms with Gasteiger partial charge in [-0.1, -0.05) is 54.3 Å². The fraction of sp³-hybridized carbons (Fsp3) is 0.143. The van der Waals surface area contributed by atoms with Gasteiger partial charge in [0.15, 0.2) is 0 Å². The van der Waals surface area contributed by atoms with Crippen LogP contribution in [0, 0.1) is 0 Å². The van der Waals surface area contributed by atoms with Gasteiger partial charge in [-0.15, -0.1) is 0 Å². The molecule has 2 N–H and O–H groups in total. The van der Waals surface area contributed by atoms with Gasteiger partial charge in [0.1, 0.15) is 16.6 Å². The lowest BCUT2D eigenvalue weighted by atomic mass is 10.2. The molecule has 2 aromatic carbocycles. The van der Waals surface area contributed by atoms with Crippen molar-refractivity contribution in [1.82, 2.24) is 15.8 Å². The number of carbonyl (C=O) groups is 3. The van der Waals surface area contributed by atoms with E-state index in [9.17, 15) is 14.4 Å². The molecule has 0 unspecified atom stereocenters. The van der Waals surface area contributed by atoms with Crippen LogP contribution in [0.25, 0.3) is 6.08 Å². The number of thioether (sulfide) groups is 1. The van der Waals surface area contributed by atoms with Crippen LogP contribution in [-0.2, 0) is 9.59 Å². The normalized spacial score (nSPS) is 14.7. The standard InChI is InChI=1S/C21H19N3O4S2/c1-2-28-16-10-8-14(9-11-16)12-17-20(27)24(21(29)30-17)13-18(25)22-23-19(26)15-6-4-3-5-7-15/h3-12H,2,13H2,1H3,(H,22,25)(H,23,26)/b17-12-.